The van der Waals surface area contributed by atoms with Crippen molar-refractivity contribution in [3.05, 3.63) is 23.8 Å². The zero-order valence-corrected chi connectivity index (χ0v) is 9.56. The van der Waals surface area contributed by atoms with Crippen molar-refractivity contribution in [3.63, 3.8) is 0 Å². The van der Waals surface area contributed by atoms with E-state index in [0.717, 1.165) is 6.07 Å². The molecule has 2 amide bonds. The second-order valence-corrected chi connectivity index (χ2v) is 4.44. The highest BCUT2D eigenvalue weighted by Gasteiger charge is 2.15. The molecule has 0 heterocycles. The molecule has 0 bridgehead atoms. The van der Waals surface area contributed by atoms with Crippen molar-refractivity contribution in [2.24, 2.45) is 0 Å². The maximum atomic E-state index is 12.7. The largest absolute Gasteiger partial charge is 0.341 e. The zero-order chi connectivity index (χ0) is 12.3. The number of hydrogen-bond acceptors (Lipinski definition) is 3. The van der Waals surface area contributed by atoms with E-state index in [1.54, 1.807) is 0 Å². The van der Waals surface area contributed by atoms with E-state index in [9.17, 15) is 17.1 Å². The predicted molar refractivity (Wildman–Crippen MR) is 57.6 cm³/mol. The second kappa shape index (κ2) is 4.48. The molecule has 0 atom stereocenters. The van der Waals surface area contributed by atoms with Crippen LogP contribution >= 0.6 is 0 Å². The van der Waals surface area contributed by atoms with Crippen LogP contribution in [0.25, 0.3) is 0 Å². The van der Waals surface area contributed by atoms with Gasteiger partial charge in [-0.05, 0) is 30.7 Å². The van der Waals surface area contributed by atoms with Gasteiger partial charge in [0.1, 0.15) is 4.90 Å². The van der Waals surface area contributed by atoms with E-state index in [4.69, 9.17) is 0 Å². The van der Waals surface area contributed by atoms with Gasteiger partial charge in [0.25, 0.3) is 0 Å². The monoisotopic (exact) mass is 246 g/mol. The summed E-state index contributed by atoms with van der Waals surface area (Å²) in [5, 5.41) is 4.78. The number of rotatable bonds is 2. The van der Waals surface area contributed by atoms with E-state index >= 15 is 0 Å². The van der Waals surface area contributed by atoms with Crippen LogP contribution < -0.4 is 10.6 Å². The number of hydrogen-bond donors (Lipinski definition) is 2. The molecule has 1 aromatic rings. The minimum absolute atomic E-state index is 0.233. The van der Waals surface area contributed by atoms with Crippen molar-refractivity contribution in [1.82, 2.24) is 5.32 Å². The topological polar surface area (TPSA) is 75.3 Å². The molecule has 0 fully saturated rings. The van der Waals surface area contributed by atoms with Gasteiger partial charge in [0.05, 0.1) is 0 Å². The highest BCUT2D eigenvalue weighted by Crippen LogP contribution is 2.21. The van der Waals surface area contributed by atoms with Crippen molar-refractivity contribution in [3.8, 4) is 0 Å². The number of anilines is 1. The van der Waals surface area contributed by atoms with E-state index in [1.807, 2.05) is 0 Å². The van der Waals surface area contributed by atoms with Crippen LogP contribution in [-0.2, 0) is 10.2 Å². The van der Waals surface area contributed by atoms with Gasteiger partial charge in [0.2, 0.25) is 0 Å². The fourth-order valence-corrected chi connectivity index (χ4v) is 1.87. The van der Waals surface area contributed by atoms with Crippen LogP contribution in [0.15, 0.2) is 23.1 Å². The Balaban J connectivity index is 3.05. The molecular weight excluding hydrogens is 235 g/mol. The number of urea groups is 1. The zero-order valence-electron chi connectivity index (χ0n) is 8.74. The van der Waals surface area contributed by atoms with Crippen molar-refractivity contribution in [2.75, 3.05) is 12.4 Å². The third-order valence-corrected chi connectivity index (χ3v) is 2.91. The van der Waals surface area contributed by atoms with Crippen molar-refractivity contribution < 1.29 is 17.1 Å². The van der Waals surface area contributed by atoms with Crippen LogP contribution in [0.3, 0.4) is 0 Å². The SMILES string of the molecule is CNC(=O)Nc1ccc(S(=O)(=O)F)c(C)c1. The van der Waals surface area contributed by atoms with Gasteiger partial charge in [-0.1, -0.05) is 0 Å². The summed E-state index contributed by atoms with van der Waals surface area (Å²) in [5.74, 6) is 0. The molecule has 2 N–H and O–H groups in total. The number of benzene rings is 1. The van der Waals surface area contributed by atoms with Crippen molar-refractivity contribution in [1.29, 1.82) is 0 Å². The van der Waals surface area contributed by atoms with E-state index in [-0.39, 0.29) is 5.56 Å². The summed E-state index contributed by atoms with van der Waals surface area (Å²) in [6.07, 6.45) is 0. The van der Waals surface area contributed by atoms with Crippen LogP contribution in [0.5, 0.6) is 0 Å². The first-order valence-corrected chi connectivity index (χ1v) is 5.77. The number of halogens is 1. The lowest BCUT2D eigenvalue weighted by atomic mass is 10.2. The Hall–Kier alpha value is -1.63. The Morgan fingerprint density at radius 2 is 2.00 bits per heavy atom. The normalized spacial score (nSPS) is 10.9. The number of nitrogens with one attached hydrogen (secondary N) is 2. The third-order valence-electron chi connectivity index (χ3n) is 1.92. The summed E-state index contributed by atoms with van der Waals surface area (Å²) >= 11 is 0. The molecule has 16 heavy (non-hydrogen) atoms. The van der Waals surface area contributed by atoms with Gasteiger partial charge in [0.15, 0.2) is 0 Å². The first-order valence-electron chi connectivity index (χ1n) is 4.38. The van der Waals surface area contributed by atoms with Gasteiger partial charge >= 0.3 is 16.3 Å². The molecule has 0 aromatic heterocycles. The van der Waals surface area contributed by atoms with Gasteiger partial charge in [-0.25, -0.2) is 4.79 Å². The first-order chi connectivity index (χ1) is 7.34. The highest BCUT2D eigenvalue weighted by atomic mass is 32.3. The molecule has 0 radical (unpaired) electrons. The number of carbonyl (C=O) groups is 1. The quantitative estimate of drug-likeness (QED) is 0.774. The maximum Gasteiger partial charge on any atom is 0.332 e. The third kappa shape index (κ3) is 2.93. The van der Waals surface area contributed by atoms with Gasteiger partial charge in [-0.15, -0.1) is 3.89 Å². The van der Waals surface area contributed by atoms with E-state index in [2.05, 4.69) is 10.6 Å². The average molecular weight is 246 g/mol. The Morgan fingerprint density at radius 1 is 1.38 bits per heavy atom. The first kappa shape index (κ1) is 12.4. The van der Waals surface area contributed by atoms with Gasteiger partial charge in [0, 0.05) is 12.7 Å². The number of amides is 2. The molecule has 0 saturated heterocycles. The van der Waals surface area contributed by atoms with E-state index in [1.165, 1.54) is 26.1 Å². The van der Waals surface area contributed by atoms with Crippen molar-refractivity contribution in [2.45, 2.75) is 11.8 Å². The van der Waals surface area contributed by atoms with Crippen LogP contribution in [0.4, 0.5) is 14.4 Å². The lowest BCUT2D eigenvalue weighted by Crippen LogP contribution is -2.24. The average Bonchev–Trinajstić information content (AvgIpc) is 2.15. The molecular formula is C9H11FN2O3S. The lowest BCUT2D eigenvalue weighted by molar-refractivity contribution is 0.254. The lowest BCUT2D eigenvalue weighted by Gasteiger charge is -2.06. The Kier molecular flexibility index (Phi) is 3.48. The Labute approximate surface area is 92.9 Å². The fraction of sp³-hybridized carbons (Fsp3) is 0.222. The van der Waals surface area contributed by atoms with Crippen LogP contribution in [0.2, 0.25) is 0 Å². The molecule has 1 aromatic carbocycles. The fourth-order valence-electron chi connectivity index (χ4n) is 1.19. The molecule has 0 aliphatic heterocycles. The standard InChI is InChI=1S/C9H11FN2O3S/c1-6-5-7(12-9(13)11-2)3-4-8(6)16(10,14)15/h3-5H,1-2H3,(H2,11,12,13). The molecule has 0 unspecified atom stereocenters. The van der Waals surface area contributed by atoms with E-state index < -0.39 is 21.1 Å². The Bertz CT molecular complexity index is 513. The molecule has 1 rings (SSSR count). The van der Waals surface area contributed by atoms with Gasteiger partial charge in [-0.3, -0.25) is 0 Å². The summed E-state index contributed by atoms with van der Waals surface area (Å²) < 4.78 is 34.1. The minimum atomic E-state index is -4.71. The summed E-state index contributed by atoms with van der Waals surface area (Å²) in [7, 11) is -3.27. The van der Waals surface area contributed by atoms with E-state index in [0.29, 0.717) is 5.69 Å². The molecule has 5 nitrogen and oxygen atoms in total. The number of aryl methyl sites for hydroxylation is 1. The van der Waals surface area contributed by atoms with Gasteiger partial charge in [-0.2, -0.15) is 8.42 Å². The maximum absolute atomic E-state index is 12.7. The van der Waals surface area contributed by atoms with Crippen LogP contribution in [0.1, 0.15) is 5.56 Å². The van der Waals surface area contributed by atoms with Crippen LogP contribution in [0, 0.1) is 6.92 Å². The molecule has 0 saturated carbocycles. The molecule has 0 aliphatic rings. The van der Waals surface area contributed by atoms with Gasteiger partial charge < -0.3 is 10.6 Å². The molecule has 7 heteroatoms. The summed E-state index contributed by atoms with van der Waals surface area (Å²) in [6, 6.07) is 3.36. The minimum Gasteiger partial charge on any atom is -0.341 e. The van der Waals surface area contributed by atoms with Crippen LogP contribution in [-0.4, -0.2) is 21.5 Å². The molecule has 88 valence electrons. The summed E-state index contributed by atoms with van der Waals surface area (Å²) in [6.45, 7) is 1.45. The summed E-state index contributed by atoms with van der Waals surface area (Å²) in [5.41, 5.74) is 0.626. The molecule has 0 spiro atoms. The predicted octanol–water partition coefficient (Wildman–Crippen LogP) is 1.40. The molecule has 0 aliphatic carbocycles. The van der Waals surface area contributed by atoms with Crippen molar-refractivity contribution >= 4 is 21.9 Å². The number of carbonyl (C=O) groups excluding carboxylic acids is 1. The highest BCUT2D eigenvalue weighted by molar-refractivity contribution is 7.86. The Morgan fingerprint density at radius 3 is 2.44 bits per heavy atom. The smallest absolute Gasteiger partial charge is 0.332 e. The second-order valence-electron chi connectivity index (χ2n) is 3.12. The summed E-state index contributed by atoms with van der Waals surface area (Å²) in [4.78, 5) is 10.6.